The highest BCUT2D eigenvalue weighted by Crippen LogP contribution is 2.24. The fourth-order valence-corrected chi connectivity index (χ4v) is 3.00. The number of ether oxygens (including phenoxy) is 1. The van der Waals surface area contributed by atoms with Crippen molar-refractivity contribution in [1.82, 2.24) is 4.90 Å². The van der Waals surface area contributed by atoms with Crippen molar-refractivity contribution in [3.8, 4) is 0 Å². The second-order valence-corrected chi connectivity index (χ2v) is 6.58. The lowest BCUT2D eigenvalue weighted by molar-refractivity contribution is -0.408. The Morgan fingerprint density at radius 1 is 1.35 bits per heavy atom. The number of nitrogens with one attached hydrogen (secondary N) is 1. The van der Waals surface area contributed by atoms with Crippen LogP contribution in [0, 0.1) is 5.92 Å². The minimum atomic E-state index is -0.840. The predicted molar refractivity (Wildman–Crippen MR) is 98.1 cm³/mol. The van der Waals surface area contributed by atoms with E-state index in [1.54, 1.807) is 30.3 Å². The molecule has 1 aromatic carbocycles. The molecule has 1 aromatic rings. The summed E-state index contributed by atoms with van der Waals surface area (Å²) in [6.07, 6.45) is 3.04. The number of hydrogen-bond acceptors (Lipinski definition) is 5. The van der Waals surface area contributed by atoms with Gasteiger partial charge in [0.1, 0.15) is 12.0 Å². The summed E-state index contributed by atoms with van der Waals surface area (Å²) in [6.45, 7) is -0.400. The van der Waals surface area contributed by atoms with E-state index in [9.17, 15) is 14.4 Å². The SMILES string of the molecule is COC1=CC=NC2=[N+](C)C(=O)N(CC(=O)Nc3ccc(Br)cc3)C(=O)C12. The molecule has 134 valence electrons. The number of fused-ring (bicyclic) bond motifs is 1. The number of hydrogen-bond donors (Lipinski definition) is 1. The van der Waals surface area contributed by atoms with Gasteiger partial charge in [0.15, 0.2) is 12.5 Å². The first-order valence-corrected chi connectivity index (χ1v) is 8.51. The molecular weight excluding hydrogens is 404 g/mol. The third-order valence-corrected chi connectivity index (χ3v) is 4.56. The lowest BCUT2D eigenvalue weighted by atomic mass is 9.99. The van der Waals surface area contributed by atoms with Crippen molar-refractivity contribution in [3.63, 3.8) is 0 Å². The van der Waals surface area contributed by atoms with Crippen molar-refractivity contribution in [1.29, 1.82) is 0 Å². The van der Waals surface area contributed by atoms with Gasteiger partial charge in [0.2, 0.25) is 0 Å². The van der Waals surface area contributed by atoms with Crippen molar-refractivity contribution in [2.75, 3.05) is 26.0 Å². The molecule has 1 atom stereocenters. The Morgan fingerprint density at radius 3 is 2.69 bits per heavy atom. The van der Waals surface area contributed by atoms with Crippen LogP contribution in [0.3, 0.4) is 0 Å². The molecule has 9 heteroatoms. The van der Waals surface area contributed by atoms with Gasteiger partial charge in [0.05, 0.1) is 14.2 Å². The molecule has 0 spiro atoms. The number of amidine groups is 1. The zero-order chi connectivity index (χ0) is 18.8. The van der Waals surface area contributed by atoms with Crippen LogP contribution in [-0.2, 0) is 14.3 Å². The highest BCUT2D eigenvalue weighted by Gasteiger charge is 2.49. The van der Waals surface area contributed by atoms with Crippen molar-refractivity contribution in [2.45, 2.75) is 0 Å². The van der Waals surface area contributed by atoms with E-state index in [-0.39, 0.29) is 5.84 Å². The van der Waals surface area contributed by atoms with E-state index < -0.39 is 30.3 Å². The number of imide groups is 1. The zero-order valence-corrected chi connectivity index (χ0v) is 15.7. The molecule has 2 aliphatic heterocycles. The monoisotopic (exact) mass is 419 g/mol. The van der Waals surface area contributed by atoms with Crippen LogP contribution in [0.1, 0.15) is 0 Å². The van der Waals surface area contributed by atoms with Gasteiger partial charge in [-0.2, -0.15) is 9.48 Å². The van der Waals surface area contributed by atoms with Gasteiger partial charge in [-0.05, 0) is 24.3 Å². The molecule has 1 N–H and O–H groups in total. The van der Waals surface area contributed by atoms with Crippen molar-refractivity contribution < 1.29 is 23.7 Å². The first kappa shape index (κ1) is 18.0. The maximum Gasteiger partial charge on any atom is 0.446 e. The van der Waals surface area contributed by atoms with E-state index in [1.807, 2.05) is 0 Å². The number of methoxy groups -OCH3 is 1. The largest absolute Gasteiger partial charge is 0.499 e. The van der Waals surface area contributed by atoms with Gasteiger partial charge >= 0.3 is 11.9 Å². The second kappa shape index (κ2) is 7.20. The number of carbonyl (C=O) groups is 3. The van der Waals surface area contributed by atoms with Gasteiger partial charge in [-0.3, -0.25) is 9.59 Å². The van der Waals surface area contributed by atoms with Crippen LogP contribution < -0.4 is 5.32 Å². The van der Waals surface area contributed by atoms with Crippen LogP contribution in [0.15, 0.2) is 45.6 Å². The van der Waals surface area contributed by atoms with E-state index in [4.69, 9.17) is 4.74 Å². The Bertz CT molecular complexity index is 873. The Morgan fingerprint density at radius 2 is 2.04 bits per heavy atom. The smallest absolute Gasteiger partial charge is 0.446 e. The number of halogens is 1. The molecule has 0 saturated heterocycles. The number of rotatable bonds is 4. The Labute approximate surface area is 158 Å². The van der Waals surface area contributed by atoms with Crippen LogP contribution in [0.4, 0.5) is 10.5 Å². The van der Waals surface area contributed by atoms with Crippen molar-refractivity contribution >= 4 is 51.5 Å². The molecule has 26 heavy (non-hydrogen) atoms. The maximum absolute atomic E-state index is 12.8. The van der Waals surface area contributed by atoms with Crippen LogP contribution in [-0.4, -0.2) is 60.1 Å². The van der Waals surface area contributed by atoms with Gasteiger partial charge in [-0.15, -0.1) is 4.99 Å². The number of urea groups is 1. The van der Waals surface area contributed by atoms with Crippen molar-refractivity contribution in [2.24, 2.45) is 10.9 Å². The molecule has 0 fully saturated rings. The minimum Gasteiger partial charge on any atom is -0.499 e. The molecular formula is C17H16BrN4O4+. The second-order valence-electron chi connectivity index (χ2n) is 5.66. The summed E-state index contributed by atoms with van der Waals surface area (Å²) in [4.78, 5) is 42.6. The standard InChI is InChI=1S/C17H15BrN4O4/c1-21-15-14(12(26-2)7-8-19-15)16(24)22(17(21)25)9-13(23)20-11-5-3-10(18)4-6-11/h3-8,14H,9H2,1-2H3/p+1. The van der Waals surface area contributed by atoms with Gasteiger partial charge in [0, 0.05) is 16.2 Å². The zero-order valence-electron chi connectivity index (χ0n) is 14.1. The molecule has 8 nitrogen and oxygen atoms in total. The summed E-state index contributed by atoms with van der Waals surface area (Å²) in [5.41, 5.74) is 0.565. The van der Waals surface area contributed by atoms with Crippen LogP contribution in [0.25, 0.3) is 0 Å². The van der Waals surface area contributed by atoms with E-state index in [0.717, 1.165) is 9.37 Å². The summed E-state index contributed by atoms with van der Waals surface area (Å²) in [7, 11) is 2.95. The molecule has 0 bridgehead atoms. The highest BCUT2D eigenvalue weighted by molar-refractivity contribution is 9.10. The van der Waals surface area contributed by atoms with Gasteiger partial charge < -0.3 is 10.1 Å². The average molecular weight is 420 g/mol. The number of anilines is 1. The van der Waals surface area contributed by atoms with Crippen LogP contribution in [0.2, 0.25) is 0 Å². The molecule has 2 heterocycles. The quantitative estimate of drug-likeness (QED) is 0.750. The molecule has 1 unspecified atom stereocenters. The third kappa shape index (κ3) is 3.30. The van der Waals surface area contributed by atoms with E-state index in [0.29, 0.717) is 11.4 Å². The summed E-state index contributed by atoms with van der Waals surface area (Å²) in [6, 6.07) is 6.36. The lowest BCUT2D eigenvalue weighted by Gasteiger charge is -2.27. The minimum absolute atomic E-state index is 0.281. The molecule has 2 aliphatic rings. The number of benzene rings is 1. The average Bonchev–Trinajstić information content (AvgIpc) is 2.64. The van der Waals surface area contributed by atoms with Crippen LogP contribution >= 0.6 is 15.9 Å². The number of amides is 4. The van der Waals surface area contributed by atoms with Gasteiger partial charge in [-0.1, -0.05) is 15.9 Å². The van der Waals surface area contributed by atoms with Gasteiger partial charge in [-0.25, -0.2) is 4.79 Å². The number of carbonyl (C=O) groups excluding carboxylic acids is 3. The summed E-state index contributed by atoms with van der Waals surface area (Å²) in [5, 5.41) is 2.66. The fourth-order valence-electron chi connectivity index (χ4n) is 2.74. The van der Waals surface area contributed by atoms with E-state index in [2.05, 4.69) is 26.2 Å². The number of nitrogens with zero attached hydrogens (tertiary/aromatic N) is 3. The van der Waals surface area contributed by atoms with Crippen molar-refractivity contribution in [3.05, 3.63) is 40.6 Å². The van der Waals surface area contributed by atoms with E-state index >= 15 is 0 Å². The third-order valence-electron chi connectivity index (χ3n) is 4.03. The van der Waals surface area contributed by atoms with Gasteiger partial charge in [0.25, 0.3) is 11.7 Å². The Kier molecular flexibility index (Phi) is 4.99. The van der Waals surface area contributed by atoms with E-state index in [1.165, 1.54) is 24.9 Å². The number of aliphatic imine (C=N–C) groups is 1. The first-order valence-electron chi connectivity index (χ1n) is 7.72. The molecule has 0 aromatic heterocycles. The molecule has 3 rings (SSSR count). The molecule has 0 radical (unpaired) electrons. The van der Waals surface area contributed by atoms with Crippen LogP contribution in [0.5, 0.6) is 0 Å². The topological polar surface area (TPSA) is 91.1 Å². The number of dihydropyridines is 1. The highest BCUT2D eigenvalue weighted by atomic mass is 79.9. The molecule has 4 amide bonds. The molecule has 0 aliphatic carbocycles. The summed E-state index contributed by atoms with van der Waals surface area (Å²) in [5.74, 6) is -1.21. The normalized spacial score (nSPS) is 19.3. The first-order chi connectivity index (χ1) is 12.4. The molecule has 0 saturated carbocycles. The Hall–Kier alpha value is -2.81. The Balaban J connectivity index is 1.81. The predicted octanol–water partition coefficient (Wildman–Crippen LogP) is 1.62. The number of allylic oxidation sites excluding steroid dienone is 1. The lowest BCUT2D eigenvalue weighted by Crippen LogP contribution is -2.56. The summed E-state index contributed by atoms with van der Waals surface area (Å²) >= 11 is 3.31. The summed E-state index contributed by atoms with van der Waals surface area (Å²) < 4.78 is 7.36. The fraction of sp³-hybridized carbons (Fsp3) is 0.235. The maximum atomic E-state index is 12.8.